The number of nitrogens with one attached hydrogen (secondary N) is 1. The van der Waals surface area contributed by atoms with Crippen molar-refractivity contribution in [1.82, 2.24) is 30.5 Å². The molecule has 1 N–H and O–H groups in total. The molecule has 0 saturated carbocycles. The maximum atomic E-state index is 11.7. The minimum absolute atomic E-state index is 0.404. The summed E-state index contributed by atoms with van der Waals surface area (Å²) in [7, 11) is 0. The number of tetrazole rings is 1. The fraction of sp³-hybridized carbons (Fsp3) is 0.350. The summed E-state index contributed by atoms with van der Waals surface area (Å²) < 4.78 is 6.97. The number of amides is 1. The Balaban J connectivity index is 1.58. The molecule has 0 spiro atoms. The lowest BCUT2D eigenvalue weighted by Gasteiger charge is -2.19. The predicted molar refractivity (Wildman–Crippen MR) is 105 cm³/mol. The van der Waals surface area contributed by atoms with Gasteiger partial charge in [-0.15, -0.1) is 5.10 Å². The van der Waals surface area contributed by atoms with Gasteiger partial charge >= 0.3 is 6.09 Å². The van der Waals surface area contributed by atoms with Gasteiger partial charge in [-0.3, -0.25) is 4.98 Å². The molecule has 0 unspecified atom stereocenters. The lowest BCUT2D eigenvalue weighted by molar-refractivity contribution is 0.0528. The van der Waals surface area contributed by atoms with Crippen LogP contribution in [-0.2, 0) is 17.7 Å². The summed E-state index contributed by atoms with van der Waals surface area (Å²) in [5.74, 6) is 0.697. The molecule has 0 radical (unpaired) electrons. The fourth-order valence-electron chi connectivity index (χ4n) is 2.63. The molecule has 1 aromatic carbocycles. The van der Waals surface area contributed by atoms with E-state index in [0.29, 0.717) is 25.3 Å². The van der Waals surface area contributed by atoms with Crippen molar-refractivity contribution < 1.29 is 9.53 Å². The van der Waals surface area contributed by atoms with E-state index in [2.05, 4.69) is 25.8 Å². The van der Waals surface area contributed by atoms with Gasteiger partial charge in [-0.1, -0.05) is 30.3 Å². The van der Waals surface area contributed by atoms with E-state index in [-0.39, 0.29) is 0 Å². The summed E-state index contributed by atoms with van der Waals surface area (Å²) in [6.45, 7) is 6.58. The van der Waals surface area contributed by atoms with Gasteiger partial charge in [0.15, 0.2) is 5.82 Å². The van der Waals surface area contributed by atoms with Gasteiger partial charge in [0.25, 0.3) is 0 Å². The first-order valence-electron chi connectivity index (χ1n) is 9.12. The third-order valence-electron chi connectivity index (χ3n) is 3.88. The molecule has 0 fully saturated rings. The third kappa shape index (κ3) is 5.60. The van der Waals surface area contributed by atoms with Crippen LogP contribution < -0.4 is 5.32 Å². The van der Waals surface area contributed by atoms with Crippen molar-refractivity contribution in [2.75, 3.05) is 6.54 Å². The number of rotatable bonds is 6. The van der Waals surface area contributed by atoms with Crippen molar-refractivity contribution in [1.29, 1.82) is 0 Å². The SMILES string of the molecule is CC(C)(C)OC(=O)NCCc1ccc(-c2nnnn2Cc2cccnc2)cc1. The Morgan fingerprint density at radius 3 is 2.61 bits per heavy atom. The van der Waals surface area contributed by atoms with Crippen molar-refractivity contribution in [3.05, 3.63) is 59.9 Å². The first-order valence-corrected chi connectivity index (χ1v) is 9.12. The number of alkyl carbamates (subject to hydrolysis) is 1. The zero-order chi connectivity index (χ0) is 20.0. The summed E-state index contributed by atoms with van der Waals surface area (Å²) in [5.41, 5.74) is 2.57. The second kappa shape index (κ2) is 8.60. The molecule has 0 atom stereocenters. The summed E-state index contributed by atoms with van der Waals surface area (Å²) in [6.07, 6.45) is 3.84. The van der Waals surface area contributed by atoms with Crippen LogP contribution in [0, 0.1) is 0 Å². The number of nitrogens with zero attached hydrogens (tertiary/aromatic N) is 5. The van der Waals surface area contributed by atoms with Crippen LogP contribution in [0.2, 0.25) is 0 Å². The Hall–Kier alpha value is -3.29. The van der Waals surface area contributed by atoms with Gasteiger partial charge < -0.3 is 10.1 Å². The summed E-state index contributed by atoms with van der Waals surface area (Å²) in [4.78, 5) is 15.8. The third-order valence-corrected chi connectivity index (χ3v) is 3.88. The van der Waals surface area contributed by atoms with Crippen LogP contribution in [-0.4, -0.2) is 43.4 Å². The van der Waals surface area contributed by atoms with Crippen LogP contribution in [0.25, 0.3) is 11.4 Å². The lowest BCUT2D eigenvalue weighted by atomic mass is 10.1. The van der Waals surface area contributed by atoms with E-state index in [9.17, 15) is 4.79 Å². The number of ether oxygens (including phenoxy) is 1. The highest BCUT2D eigenvalue weighted by atomic mass is 16.6. The minimum atomic E-state index is -0.495. The van der Waals surface area contributed by atoms with E-state index in [1.807, 2.05) is 57.2 Å². The van der Waals surface area contributed by atoms with Crippen LogP contribution >= 0.6 is 0 Å². The largest absolute Gasteiger partial charge is 0.444 e. The molecule has 2 heterocycles. The second-order valence-electron chi connectivity index (χ2n) is 7.40. The number of benzene rings is 1. The first kappa shape index (κ1) is 19.5. The number of hydrogen-bond acceptors (Lipinski definition) is 6. The predicted octanol–water partition coefficient (Wildman–Crippen LogP) is 2.85. The highest BCUT2D eigenvalue weighted by molar-refractivity contribution is 5.67. The maximum absolute atomic E-state index is 11.7. The van der Waals surface area contributed by atoms with Crippen molar-refractivity contribution in [2.45, 2.75) is 39.3 Å². The summed E-state index contributed by atoms with van der Waals surface area (Å²) in [6, 6.07) is 11.9. The highest BCUT2D eigenvalue weighted by Gasteiger charge is 2.15. The standard InChI is InChI=1S/C20H24N6O2/c1-20(2,3)28-19(27)22-12-10-15-6-8-17(9-7-15)18-23-24-25-26(18)14-16-5-4-11-21-13-16/h4-9,11,13H,10,12,14H2,1-3H3,(H,22,27). The molecular weight excluding hydrogens is 356 g/mol. The first-order chi connectivity index (χ1) is 13.4. The van der Waals surface area contributed by atoms with E-state index in [0.717, 1.165) is 16.7 Å². The van der Waals surface area contributed by atoms with Gasteiger partial charge in [0.2, 0.25) is 0 Å². The highest BCUT2D eigenvalue weighted by Crippen LogP contribution is 2.17. The summed E-state index contributed by atoms with van der Waals surface area (Å²) in [5, 5.41) is 14.8. The molecule has 0 aliphatic heterocycles. The number of hydrogen-bond donors (Lipinski definition) is 1. The van der Waals surface area contributed by atoms with Crippen molar-refractivity contribution in [3.8, 4) is 11.4 Å². The van der Waals surface area contributed by atoms with E-state index < -0.39 is 11.7 Å². The number of carbonyl (C=O) groups is 1. The normalized spacial score (nSPS) is 11.2. The van der Waals surface area contributed by atoms with Crippen LogP contribution in [0.4, 0.5) is 4.79 Å². The Morgan fingerprint density at radius 1 is 1.14 bits per heavy atom. The van der Waals surface area contributed by atoms with Gasteiger partial charge in [-0.25, -0.2) is 9.48 Å². The van der Waals surface area contributed by atoms with E-state index in [4.69, 9.17) is 4.74 Å². The molecule has 2 aromatic heterocycles. The topological polar surface area (TPSA) is 94.8 Å². The quantitative estimate of drug-likeness (QED) is 0.707. The zero-order valence-corrected chi connectivity index (χ0v) is 16.3. The monoisotopic (exact) mass is 380 g/mol. The smallest absolute Gasteiger partial charge is 0.407 e. The number of pyridine rings is 1. The molecule has 1 amide bonds. The second-order valence-corrected chi connectivity index (χ2v) is 7.40. The van der Waals surface area contributed by atoms with Crippen molar-refractivity contribution in [2.24, 2.45) is 0 Å². The average Bonchev–Trinajstić information content (AvgIpc) is 3.10. The Labute approximate surface area is 163 Å². The zero-order valence-electron chi connectivity index (χ0n) is 16.3. The molecule has 28 heavy (non-hydrogen) atoms. The number of carbonyl (C=O) groups excluding carboxylic acids is 1. The fourth-order valence-corrected chi connectivity index (χ4v) is 2.63. The van der Waals surface area contributed by atoms with Crippen molar-refractivity contribution in [3.63, 3.8) is 0 Å². The van der Waals surface area contributed by atoms with Crippen molar-refractivity contribution >= 4 is 6.09 Å². The molecule has 3 rings (SSSR count). The Kier molecular flexibility index (Phi) is 5.98. The average molecular weight is 380 g/mol. The molecule has 3 aromatic rings. The maximum Gasteiger partial charge on any atom is 0.407 e. The summed E-state index contributed by atoms with van der Waals surface area (Å²) >= 11 is 0. The minimum Gasteiger partial charge on any atom is -0.444 e. The molecule has 8 nitrogen and oxygen atoms in total. The van der Waals surface area contributed by atoms with E-state index >= 15 is 0 Å². The van der Waals surface area contributed by atoms with Crippen LogP contribution in [0.1, 0.15) is 31.9 Å². The molecule has 146 valence electrons. The van der Waals surface area contributed by atoms with Crippen LogP contribution in [0.5, 0.6) is 0 Å². The van der Waals surface area contributed by atoms with E-state index in [1.165, 1.54) is 0 Å². The van der Waals surface area contributed by atoms with Gasteiger partial charge in [0, 0.05) is 24.5 Å². The molecule has 8 heteroatoms. The van der Waals surface area contributed by atoms with Gasteiger partial charge in [-0.05, 0) is 54.8 Å². The van der Waals surface area contributed by atoms with Gasteiger partial charge in [0.1, 0.15) is 5.60 Å². The van der Waals surface area contributed by atoms with Gasteiger partial charge in [0.05, 0.1) is 6.54 Å². The Morgan fingerprint density at radius 2 is 1.93 bits per heavy atom. The Bertz CT molecular complexity index is 900. The molecule has 0 aliphatic carbocycles. The number of aromatic nitrogens is 5. The molecular formula is C20H24N6O2. The van der Waals surface area contributed by atoms with Crippen LogP contribution in [0.15, 0.2) is 48.8 Å². The molecule has 0 saturated heterocycles. The molecule has 0 bridgehead atoms. The van der Waals surface area contributed by atoms with Gasteiger partial charge in [-0.2, -0.15) is 0 Å². The van der Waals surface area contributed by atoms with E-state index in [1.54, 1.807) is 17.1 Å². The lowest BCUT2D eigenvalue weighted by Crippen LogP contribution is -2.33. The van der Waals surface area contributed by atoms with Crippen LogP contribution in [0.3, 0.4) is 0 Å². The molecule has 0 aliphatic rings.